The van der Waals surface area contributed by atoms with Gasteiger partial charge in [-0.3, -0.25) is 4.40 Å². The number of nitrogens with zero attached hydrogens (tertiary/aromatic N) is 3. The average molecular weight is 235 g/mol. The highest BCUT2D eigenvalue weighted by Crippen LogP contribution is 2.26. The molecule has 3 rings (SSSR count). The van der Waals surface area contributed by atoms with E-state index in [0.29, 0.717) is 5.92 Å². The fourth-order valence-corrected chi connectivity index (χ4v) is 3.35. The molecule has 1 fully saturated rings. The molecular weight excluding hydrogens is 222 g/mol. The molecule has 0 bridgehead atoms. The Morgan fingerprint density at radius 1 is 1.44 bits per heavy atom. The molecule has 2 aromatic heterocycles. The Bertz CT molecular complexity index is 505. The molecule has 0 saturated carbocycles. The van der Waals surface area contributed by atoms with Crippen molar-refractivity contribution in [1.82, 2.24) is 14.6 Å². The van der Waals surface area contributed by atoms with Crippen LogP contribution in [0.15, 0.2) is 18.3 Å². The van der Waals surface area contributed by atoms with Crippen LogP contribution in [0.5, 0.6) is 5.75 Å². The summed E-state index contributed by atoms with van der Waals surface area (Å²) < 4.78 is 1.89. The third-order valence-electron chi connectivity index (χ3n) is 2.95. The van der Waals surface area contributed by atoms with E-state index >= 15 is 0 Å². The van der Waals surface area contributed by atoms with Crippen LogP contribution in [0.4, 0.5) is 0 Å². The van der Waals surface area contributed by atoms with Crippen LogP contribution in [0.1, 0.15) is 12.2 Å². The molecule has 1 saturated heterocycles. The molecule has 3 heterocycles. The third-order valence-corrected chi connectivity index (χ3v) is 4.18. The van der Waals surface area contributed by atoms with Crippen LogP contribution >= 0.6 is 11.8 Å². The highest BCUT2D eigenvalue weighted by molar-refractivity contribution is 7.99. The first-order chi connectivity index (χ1) is 7.83. The Morgan fingerprint density at radius 3 is 3.19 bits per heavy atom. The number of aromatic nitrogens is 3. The lowest BCUT2D eigenvalue weighted by Crippen LogP contribution is -2.06. The van der Waals surface area contributed by atoms with Crippen molar-refractivity contribution in [2.24, 2.45) is 5.92 Å². The molecule has 0 aromatic carbocycles. The molecule has 5 heteroatoms. The van der Waals surface area contributed by atoms with E-state index in [1.165, 1.54) is 17.9 Å². The number of fused-ring (bicyclic) bond motifs is 1. The van der Waals surface area contributed by atoms with Gasteiger partial charge >= 0.3 is 0 Å². The molecule has 0 amide bonds. The minimum atomic E-state index is 0.259. The van der Waals surface area contributed by atoms with Crippen molar-refractivity contribution in [2.75, 3.05) is 11.5 Å². The van der Waals surface area contributed by atoms with Crippen molar-refractivity contribution in [3.63, 3.8) is 0 Å². The van der Waals surface area contributed by atoms with Gasteiger partial charge < -0.3 is 5.11 Å². The van der Waals surface area contributed by atoms with Gasteiger partial charge in [0.1, 0.15) is 11.6 Å². The zero-order valence-corrected chi connectivity index (χ0v) is 9.65. The summed E-state index contributed by atoms with van der Waals surface area (Å²) in [7, 11) is 0. The standard InChI is InChI=1S/C11H13N3OS/c15-9-1-2-10-12-13-11(14(10)6-9)5-8-3-4-16-7-8/h1-2,6,8,15H,3-5,7H2. The van der Waals surface area contributed by atoms with Crippen LogP contribution in [-0.2, 0) is 6.42 Å². The fraction of sp³-hybridized carbons (Fsp3) is 0.455. The maximum Gasteiger partial charge on any atom is 0.161 e. The van der Waals surface area contributed by atoms with Gasteiger partial charge in [0.15, 0.2) is 5.65 Å². The number of aromatic hydroxyl groups is 1. The lowest BCUT2D eigenvalue weighted by atomic mass is 10.1. The first-order valence-electron chi connectivity index (χ1n) is 5.43. The van der Waals surface area contributed by atoms with E-state index in [0.717, 1.165) is 17.9 Å². The van der Waals surface area contributed by atoms with Crippen molar-refractivity contribution in [1.29, 1.82) is 0 Å². The number of hydrogen-bond donors (Lipinski definition) is 1. The monoisotopic (exact) mass is 235 g/mol. The van der Waals surface area contributed by atoms with Crippen LogP contribution in [0.25, 0.3) is 5.65 Å². The maximum atomic E-state index is 9.45. The Hall–Kier alpha value is -1.23. The number of rotatable bonds is 2. The predicted octanol–water partition coefficient (Wildman–Crippen LogP) is 1.73. The number of thioether (sulfide) groups is 1. The van der Waals surface area contributed by atoms with Gasteiger partial charge in [0.05, 0.1) is 6.20 Å². The summed E-state index contributed by atoms with van der Waals surface area (Å²) >= 11 is 2.01. The first-order valence-corrected chi connectivity index (χ1v) is 6.59. The van der Waals surface area contributed by atoms with Gasteiger partial charge in [-0.2, -0.15) is 11.8 Å². The summed E-state index contributed by atoms with van der Waals surface area (Å²) in [6.45, 7) is 0. The highest BCUT2D eigenvalue weighted by atomic mass is 32.2. The lowest BCUT2D eigenvalue weighted by molar-refractivity contribution is 0.471. The van der Waals surface area contributed by atoms with Gasteiger partial charge in [-0.05, 0) is 36.0 Å². The van der Waals surface area contributed by atoms with E-state index in [1.807, 2.05) is 16.2 Å². The van der Waals surface area contributed by atoms with E-state index in [1.54, 1.807) is 18.3 Å². The van der Waals surface area contributed by atoms with E-state index in [-0.39, 0.29) is 5.75 Å². The fourth-order valence-electron chi connectivity index (χ4n) is 2.07. The molecule has 0 spiro atoms. The van der Waals surface area contributed by atoms with E-state index in [2.05, 4.69) is 10.2 Å². The van der Waals surface area contributed by atoms with Gasteiger partial charge in [0.2, 0.25) is 0 Å². The Balaban J connectivity index is 1.93. The minimum Gasteiger partial charge on any atom is -0.506 e. The maximum absolute atomic E-state index is 9.45. The van der Waals surface area contributed by atoms with Crippen LogP contribution in [0, 0.1) is 5.92 Å². The zero-order chi connectivity index (χ0) is 11.0. The van der Waals surface area contributed by atoms with Gasteiger partial charge in [0.25, 0.3) is 0 Å². The van der Waals surface area contributed by atoms with Crippen molar-refractivity contribution in [3.05, 3.63) is 24.2 Å². The van der Waals surface area contributed by atoms with Gasteiger partial charge in [-0.15, -0.1) is 10.2 Å². The van der Waals surface area contributed by atoms with Crippen LogP contribution in [0.2, 0.25) is 0 Å². The average Bonchev–Trinajstić information content (AvgIpc) is 2.90. The molecule has 1 aliphatic rings. The second-order valence-corrected chi connectivity index (χ2v) is 5.32. The lowest BCUT2D eigenvalue weighted by Gasteiger charge is -2.05. The summed E-state index contributed by atoms with van der Waals surface area (Å²) in [4.78, 5) is 0. The number of pyridine rings is 1. The molecule has 16 heavy (non-hydrogen) atoms. The summed E-state index contributed by atoms with van der Waals surface area (Å²) in [6.07, 6.45) is 3.91. The smallest absolute Gasteiger partial charge is 0.161 e. The SMILES string of the molecule is Oc1ccc2nnc(CC3CCSC3)n2c1. The molecule has 1 aliphatic heterocycles. The van der Waals surface area contributed by atoms with E-state index in [4.69, 9.17) is 0 Å². The Morgan fingerprint density at radius 2 is 2.38 bits per heavy atom. The molecule has 84 valence electrons. The molecule has 1 unspecified atom stereocenters. The van der Waals surface area contributed by atoms with Gasteiger partial charge in [0, 0.05) is 6.42 Å². The molecule has 0 aliphatic carbocycles. The minimum absolute atomic E-state index is 0.259. The molecule has 0 radical (unpaired) electrons. The van der Waals surface area contributed by atoms with E-state index < -0.39 is 0 Å². The highest BCUT2D eigenvalue weighted by Gasteiger charge is 2.18. The third kappa shape index (κ3) is 1.75. The van der Waals surface area contributed by atoms with Crippen LogP contribution in [-0.4, -0.2) is 31.2 Å². The van der Waals surface area contributed by atoms with Crippen molar-refractivity contribution < 1.29 is 5.11 Å². The predicted molar refractivity (Wildman–Crippen MR) is 63.8 cm³/mol. The first kappa shape index (κ1) is 9.96. The summed E-state index contributed by atoms with van der Waals surface area (Å²) in [6, 6.07) is 3.43. The molecule has 1 N–H and O–H groups in total. The van der Waals surface area contributed by atoms with Crippen molar-refractivity contribution in [2.45, 2.75) is 12.8 Å². The summed E-state index contributed by atoms with van der Waals surface area (Å²) in [5.41, 5.74) is 0.804. The topological polar surface area (TPSA) is 50.4 Å². The second kappa shape index (κ2) is 3.97. The summed E-state index contributed by atoms with van der Waals surface area (Å²) in [5.74, 6) is 4.40. The molecular formula is C11H13N3OS. The Kier molecular flexibility index (Phi) is 2.47. The van der Waals surface area contributed by atoms with Crippen LogP contribution in [0.3, 0.4) is 0 Å². The van der Waals surface area contributed by atoms with Crippen LogP contribution < -0.4 is 0 Å². The largest absolute Gasteiger partial charge is 0.506 e. The quantitative estimate of drug-likeness (QED) is 0.861. The number of hydrogen-bond acceptors (Lipinski definition) is 4. The molecule has 4 nitrogen and oxygen atoms in total. The Labute approximate surface area is 97.7 Å². The van der Waals surface area contributed by atoms with Crippen molar-refractivity contribution >= 4 is 17.4 Å². The normalized spacial score (nSPS) is 20.6. The summed E-state index contributed by atoms with van der Waals surface area (Å²) in [5, 5.41) is 17.7. The van der Waals surface area contributed by atoms with Gasteiger partial charge in [-0.25, -0.2) is 0 Å². The zero-order valence-electron chi connectivity index (χ0n) is 8.83. The second-order valence-electron chi connectivity index (χ2n) is 4.17. The van der Waals surface area contributed by atoms with Crippen molar-refractivity contribution in [3.8, 4) is 5.75 Å². The molecule has 2 aromatic rings. The van der Waals surface area contributed by atoms with E-state index in [9.17, 15) is 5.11 Å². The van der Waals surface area contributed by atoms with Gasteiger partial charge in [-0.1, -0.05) is 0 Å². The molecule has 1 atom stereocenters.